The van der Waals surface area contributed by atoms with Crippen LogP contribution in [0, 0.1) is 0 Å². The SMILES string of the molecule is CN(Cc1ccc(Cl)cc1Cl)C(=O)/C=C/c1ccc(N2CCCC2=O)cc1. The zero-order chi connectivity index (χ0) is 19.4. The van der Waals surface area contributed by atoms with Crippen molar-refractivity contribution in [2.45, 2.75) is 19.4 Å². The molecular formula is C21H20Cl2N2O2. The second-order valence-corrected chi connectivity index (χ2v) is 7.35. The van der Waals surface area contributed by atoms with Gasteiger partial charge in [0.2, 0.25) is 11.8 Å². The van der Waals surface area contributed by atoms with Crippen LogP contribution >= 0.6 is 23.2 Å². The summed E-state index contributed by atoms with van der Waals surface area (Å²) in [5.74, 6) is 0.0377. The van der Waals surface area contributed by atoms with Crippen molar-refractivity contribution in [3.63, 3.8) is 0 Å². The molecule has 2 aromatic rings. The van der Waals surface area contributed by atoms with Crippen molar-refractivity contribution in [1.82, 2.24) is 4.90 Å². The maximum Gasteiger partial charge on any atom is 0.246 e. The highest BCUT2D eigenvalue weighted by Gasteiger charge is 2.21. The Kier molecular flexibility index (Phi) is 6.19. The summed E-state index contributed by atoms with van der Waals surface area (Å²) in [5.41, 5.74) is 2.64. The fraction of sp³-hybridized carbons (Fsp3) is 0.238. The van der Waals surface area contributed by atoms with Gasteiger partial charge >= 0.3 is 0 Å². The maximum atomic E-state index is 12.3. The Morgan fingerprint density at radius 2 is 1.93 bits per heavy atom. The molecule has 140 valence electrons. The normalized spacial score (nSPS) is 14.2. The van der Waals surface area contributed by atoms with Crippen molar-refractivity contribution in [3.8, 4) is 0 Å². The van der Waals surface area contributed by atoms with E-state index in [1.54, 1.807) is 35.1 Å². The molecule has 0 saturated carbocycles. The first-order valence-corrected chi connectivity index (χ1v) is 9.47. The first-order valence-electron chi connectivity index (χ1n) is 8.71. The minimum absolute atomic E-state index is 0.125. The van der Waals surface area contributed by atoms with Crippen LogP contribution in [0.15, 0.2) is 48.5 Å². The molecule has 6 heteroatoms. The van der Waals surface area contributed by atoms with Gasteiger partial charge in [-0.15, -0.1) is 0 Å². The van der Waals surface area contributed by atoms with Gasteiger partial charge in [-0.05, 0) is 47.9 Å². The van der Waals surface area contributed by atoms with E-state index in [0.717, 1.165) is 29.8 Å². The van der Waals surface area contributed by atoms with Gasteiger partial charge in [0, 0.05) is 48.4 Å². The van der Waals surface area contributed by atoms with Gasteiger partial charge in [-0.2, -0.15) is 0 Å². The predicted molar refractivity (Wildman–Crippen MR) is 110 cm³/mol. The van der Waals surface area contributed by atoms with Crippen LogP contribution in [0.3, 0.4) is 0 Å². The monoisotopic (exact) mass is 402 g/mol. The lowest BCUT2D eigenvalue weighted by molar-refractivity contribution is -0.125. The molecule has 2 amide bonds. The molecule has 0 unspecified atom stereocenters. The van der Waals surface area contributed by atoms with Crippen LogP contribution < -0.4 is 4.90 Å². The minimum atomic E-state index is -0.125. The van der Waals surface area contributed by atoms with Crippen LogP contribution in [-0.2, 0) is 16.1 Å². The first kappa shape index (κ1) is 19.5. The van der Waals surface area contributed by atoms with E-state index < -0.39 is 0 Å². The largest absolute Gasteiger partial charge is 0.338 e. The Hall–Kier alpha value is -2.30. The highest BCUT2D eigenvalue weighted by atomic mass is 35.5. The number of nitrogens with zero attached hydrogens (tertiary/aromatic N) is 2. The van der Waals surface area contributed by atoms with Gasteiger partial charge in [0.25, 0.3) is 0 Å². The summed E-state index contributed by atoms with van der Waals surface area (Å²) in [7, 11) is 1.72. The van der Waals surface area contributed by atoms with Gasteiger partial charge in [-0.1, -0.05) is 41.4 Å². The van der Waals surface area contributed by atoms with Gasteiger partial charge in [-0.25, -0.2) is 0 Å². The highest BCUT2D eigenvalue weighted by molar-refractivity contribution is 6.35. The molecule has 0 aromatic heterocycles. The molecule has 1 saturated heterocycles. The van der Waals surface area contributed by atoms with Crippen LogP contribution in [0.25, 0.3) is 6.08 Å². The maximum absolute atomic E-state index is 12.3. The molecule has 1 aliphatic rings. The molecule has 0 radical (unpaired) electrons. The van der Waals surface area contributed by atoms with Gasteiger partial charge in [-0.3, -0.25) is 9.59 Å². The summed E-state index contributed by atoms with van der Waals surface area (Å²) in [6.45, 7) is 1.17. The number of hydrogen-bond acceptors (Lipinski definition) is 2. The standard InChI is InChI=1S/C21H20Cl2N2O2/c1-24(14-16-7-8-17(22)13-19(16)23)20(26)11-6-15-4-9-18(10-5-15)25-12-2-3-21(25)27/h4-11,13H,2-3,12,14H2,1H3/b11-6+. The molecule has 4 nitrogen and oxygen atoms in total. The number of carbonyl (C=O) groups is 2. The van der Waals surface area contributed by atoms with Crippen molar-refractivity contribution in [2.24, 2.45) is 0 Å². The van der Waals surface area contributed by atoms with Crippen molar-refractivity contribution in [2.75, 3.05) is 18.5 Å². The summed E-state index contributed by atoms with van der Waals surface area (Å²) >= 11 is 12.1. The van der Waals surface area contributed by atoms with Crippen LogP contribution in [0.5, 0.6) is 0 Å². The molecule has 0 spiro atoms. The number of hydrogen-bond donors (Lipinski definition) is 0. The van der Waals surface area contributed by atoms with E-state index in [0.29, 0.717) is 23.0 Å². The summed E-state index contributed by atoms with van der Waals surface area (Å²) in [4.78, 5) is 27.5. The van der Waals surface area contributed by atoms with Crippen LogP contribution in [0.4, 0.5) is 5.69 Å². The van der Waals surface area contributed by atoms with Crippen LogP contribution in [-0.4, -0.2) is 30.3 Å². The Morgan fingerprint density at radius 3 is 2.56 bits per heavy atom. The van der Waals surface area contributed by atoms with Crippen molar-refractivity contribution >= 4 is 46.8 Å². The molecule has 0 N–H and O–H groups in total. The Labute approximate surface area is 169 Å². The number of amides is 2. The molecule has 27 heavy (non-hydrogen) atoms. The van der Waals surface area contributed by atoms with E-state index >= 15 is 0 Å². The van der Waals surface area contributed by atoms with E-state index in [1.807, 2.05) is 30.3 Å². The number of benzene rings is 2. The molecule has 3 rings (SSSR count). The average Bonchev–Trinajstić information content (AvgIpc) is 3.08. The zero-order valence-corrected chi connectivity index (χ0v) is 16.5. The molecule has 0 aliphatic carbocycles. The zero-order valence-electron chi connectivity index (χ0n) is 15.0. The Balaban J connectivity index is 1.61. The number of carbonyl (C=O) groups excluding carboxylic acids is 2. The average molecular weight is 403 g/mol. The first-order chi connectivity index (χ1) is 12.9. The Bertz CT molecular complexity index is 878. The van der Waals surface area contributed by atoms with Gasteiger partial charge in [0.1, 0.15) is 0 Å². The minimum Gasteiger partial charge on any atom is -0.338 e. The lowest BCUT2D eigenvalue weighted by Crippen LogP contribution is -2.24. The molecular weight excluding hydrogens is 383 g/mol. The fourth-order valence-electron chi connectivity index (χ4n) is 2.96. The van der Waals surface area contributed by atoms with Crippen molar-refractivity contribution < 1.29 is 9.59 Å². The van der Waals surface area contributed by atoms with Gasteiger partial charge < -0.3 is 9.80 Å². The molecule has 0 atom stereocenters. The lowest BCUT2D eigenvalue weighted by Gasteiger charge is -2.16. The third-order valence-corrected chi connectivity index (χ3v) is 5.08. The van der Waals surface area contributed by atoms with E-state index in [1.165, 1.54) is 6.08 Å². The number of anilines is 1. The lowest BCUT2D eigenvalue weighted by atomic mass is 10.1. The molecule has 1 aliphatic heterocycles. The summed E-state index contributed by atoms with van der Waals surface area (Å²) < 4.78 is 0. The summed E-state index contributed by atoms with van der Waals surface area (Å²) in [6.07, 6.45) is 4.80. The predicted octanol–water partition coefficient (Wildman–Crippen LogP) is 4.79. The Morgan fingerprint density at radius 1 is 1.19 bits per heavy atom. The number of likely N-dealkylation sites (N-methyl/N-ethyl adjacent to an activating group) is 1. The van der Waals surface area contributed by atoms with Crippen molar-refractivity contribution in [3.05, 3.63) is 69.7 Å². The van der Waals surface area contributed by atoms with E-state index in [9.17, 15) is 9.59 Å². The van der Waals surface area contributed by atoms with E-state index in [2.05, 4.69) is 0 Å². The fourth-order valence-corrected chi connectivity index (χ4v) is 3.43. The molecule has 1 heterocycles. The smallest absolute Gasteiger partial charge is 0.246 e. The summed E-state index contributed by atoms with van der Waals surface area (Å²) in [5, 5.41) is 1.11. The second kappa shape index (κ2) is 8.59. The summed E-state index contributed by atoms with van der Waals surface area (Å²) in [6, 6.07) is 12.9. The van der Waals surface area contributed by atoms with Gasteiger partial charge in [0.05, 0.1) is 0 Å². The third-order valence-electron chi connectivity index (χ3n) is 4.50. The molecule has 1 fully saturated rings. The van der Waals surface area contributed by atoms with Crippen LogP contribution in [0.2, 0.25) is 10.0 Å². The third kappa shape index (κ3) is 4.90. The highest BCUT2D eigenvalue weighted by Crippen LogP contribution is 2.23. The molecule has 2 aromatic carbocycles. The quantitative estimate of drug-likeness (QED) is 0.674. The topological polar surface area (TPSA) is 40.6 Å². The number of rotatable bonds is 5. The van der Waals surface area contributed by atoms with Crippen LogP contribution in [0.1, 0.15) is 24.0 Å². The van der Waals surface area contributed by atoms with Crippen molar-refractivity contribution in [1.29, 1.82) is 0 Å². The number of halogens is 2. The second-order valence-electron chi connectivity index (χ2n) is 6.50. The van der Waals surface area contributed by atoms with E-state index in [-0.39, 0.29) is 11.8 Å². The van der Waals surface area contributed by atoms with E-state index in [4.69, 9.17) is 23.2 Å². The van der Waals surface area contributed by atoms with Gasteiger partial charge in [0.15, 0.2) is 0 Å². The molecule has 0 bridgehead atoms.